The molecule has 0 spiro atoms. The predicted molar refractivity (Wildman–Crippen MR) is 115 cm³/mol. The van der Waals surface area contributed by atoms with Crippen LogP contribution in [0.15, 0.2) is 61.2 Å². The van der Waals surface area contributed by atoms with Gasteiger partial charge in [0.05, 0.1) is 22.5 Å². The van der Waals surface area contributed by atoms with Crippen LogP contribution in [-0.2, 0) is 12.4 Å². The molecule has 37 heavy (non-hydrogen) atoms. The Morgan fingerprint density at radius 1 is 0.649 bits per heavy atom. The lowest BCUT2D eigenvalue weighted by molar-refractivity contribution is -0.140. The van der Waals surface area contributed by atoms with Gasteiger partial charge in [0.25, 0.3) is 0 Å². The first-order valence-corrected chi connectivity index (χ1v) is 10.1. The zero-order chi connectivity index (χ0) is 27.4. The van der Waals surface area contributed by atoms with E-state index < -0.39 is 35.1 Å². The fourth-order valence-corrected chi connectivity index (χ4v) is 3.02. The van der Waals surface area contributed by atoms with Gasteiger partial charge < -0.3 is 0 Å². The van der Waals surface area contributed by atoms with Crippen LogP contribution < -0.4 is 0 Å². The van der Waals surface area contributed by atoms with Crippen LogP contribution in [-0.4, -0.2) is 19.9 Å². The minimum absolute atomic E-state index is 0.0466. The zero-order valence-electron chi connectivity index (χ0n) is 17.9. The lowest BCUT2D eigenvalue weighted by Gasteiger charge is -2.09. The Balaban J connectivity index is 0.000000206. The van der Waals surface area contributed by atoms with Crippen molar-refractivity contribution in [3.05, 3.63) is 94.8 Å². The highest BCUT2D eigenvalue weighted by Crippen LogP contribution is 2.34. The van der Waals surface area contributed by atoms with Crippen LogP contribution >= 0.6 is 11.6 Å². The van der Waals surface area contributed by atoms with Crippen LogP contribution in [0.25, 0.3) is 22.5 Å². The summed E-state index contributed by atoms with van der Waals surface area (Å²) in [7, 11) is 0. The van der Waals surface area contributed by atoms with Crippen LogP contribution in [0.1, 0.15) is 16.8 Å². The molecule has 2 heterocycles. The Bertz CT molecular complexity index is 1460. The smallest absolute Gasteiger partial charge is 0.236 e. The normalized spacial score (nSPS) is 11.4. The molecule has 0 bridgehead atoms. The minimum atomic E-state index is -4.74. The van der Waals surface area contributed by atoms with E-state index in [1.807, 2.05) is 0 Å². The van der Waals surface area contributed by atoms with Gasteiger partial charge in [0.2, 0.25) is 0 Å². The average molecular weight is 544 g/mol. The molecule has 4 rings (SSSR count). The fraction of sp³-hybridized carbons (Fsp3) is 0.0870. The Morgan fingerprint density at radius 2 is 1.11 bits per heavy atom. The number of halogens is 9. The first kappa shape index (κ1) is 27.4. The number of benzene rings is 2. The van der Waals surface area contributed by atoms with Crippen molar-refractivity contribution in [1.29, 1.82) is 5.26 Å². The van der Waals surface area contributed by atoms with Gasteiger partial charge in [-0.25, -0.2) is 28.7 Å². The maximum Gasteiger partial charge on any atom is 0.419 e. The number of alkyl halides is 6. The maximum atomic E-state index is 13.4. The van der Waals surface area contributed by atoms with E-state index in [0.717, 1.165) is 36.9 Å². The van der Waals surface area contributed by atoms with Gasteiger partial charge in [-0.15, -0.1) is 0 Å². The van der Waals surface area contributed by atoms with Crippen molar-refractivity contribution in [2.24, 2.45) is 0 Å². The standard InChI is InChI=1S/C12H5F4N3.C11H5ClF4N2/c13-10-3-7(1-2-9(10)12(14,15)16)11-4-8(5-17)18-6-19-11;12-10-4-9(17-5-18-10)6-1-2-7(8(13)3-6)11(14,15)16/h1-4,6H;1-5H. The number of rotatable bonds is 2. The van der Waals surface area contributed by atoms with E-state index in [1.165, 1.54) is 12.1 Å². The molecule has 2 aromatic carbocycles. The predicted octanol–water partition coefficient (Wildman–Crippen LogP) is 7.13. The monoisotopic (exact) mass is 543 g/mol. The molecule has 0 aliphatic heterocycles. The van der Waals surface area contributed by atoms with E-state index in [0.29, 0.717) is 12.1 Å². The molecule has 0 saturated heterocycles. The molecule has 2 aromatic heterocycles. The Labute approximate surface area is 208 Å². The third-order valence-electron chi connectivity index (χ3n) is 4.56. The van der Waals surface area contributed by atoms with Gasteiger partial charge in [0, 0.05) is 23.3 Å². The molecule has 0 aliphatic carbocycles. The van der Waals surface area contributed by atoms with Crippen molar-refractivity contribution in [2.75, 3.05) is 0 Å². The van der Waals surface area contributed by atoms with Gasteiger partial charge in [-0.1, -0.05) is 23.7 Å². The minimum Gasteiger partial charge on any atom is -0.236 e. The summed E-state index contributed by atoms with van der Waals surface area (Å²) in [5.41, 5.74) is -1.83. The van der Waals surface area contributed by atoms with Crippen molar-refractivity contribution < 1.29 is 35.1 Å². The molecule has 0 aliphatic rings. The zero-order valence-corrected chi connectivity index (χ0v) is 18.7. The molecule has 5 nitrogen and oxygen atoms in total. The Morgan fingerprint density at radius 3 is 1.51 bits per heavy atom. The lowest BCUT2D eigenvalue weighted by atomic mass is 10.1. The second kappa shape index (κ2) is 10.8. The van der Waals surface area contributed by atoms with Crippen molar-refractivity contribution in [3.8, 4) is 28.6 Å². The highest BCUT2D eigenvalue weighted by molar-refractivity contribution is 6.29. The number of nitriles is 1. The van der Waals surface area contributed by atoms with Crippen LogP contribution in [0.5, 0.6) is 0 Å². The summed E-state index contributed by atoms with van der Waals surface area (Å²) >= 11 is 5.61. The van der Waals surface area contributed by atoms with Crippen molar-refractivity contribution in [1.82, 2.24) is 19.9 Å². The van der Waals surface area contributed by atoms with Gasteiger partial charge >= 0.3 is 12.4 Å². The third-order valence-corrected chi connectivity index (χ3v) is 4.76. The molecular formula is C23H10ClF8N5. The Kier molecular flexibility index (Phi) is 8.03. The first-order valence-electron chi connectivity index (χ1n) is 9.73. The summed E-state index contributed by atoms with van der Waals surface area (Å²) in [6.45, 7) is 0. The van der Waals surface area contributed by atoms with Gasteiger partial charge in [-0.3, -0.25) is 0 Å². The fourth-order valence-electron chi connectivity index (χ4n) is 2.88. The summed E-state index contributed by atoms with van der Waals surface area (Å²) in [5.74, 6) is -2.74. The van der Waals surface area contributed by atoms with E-state index in [2.05, 4.69) is 19.9 Å². The molecule has 0 fully saturated rings. The van der Waals surface area contributed by atoms with Crippen molar-refractivity contribution in [2.45, 2.75) is 12.4 Å². The van der Waals surface area contributed by atoms with Gasteiger partial charge in [0.15, 0.2) is 0 Å². The van der Waals surface area contributed by atoms with Crippen LogP contribution in [0, 0.1) is 23.0 Å². The SMILES string of the molecule is Fc1cc(-c2cc(Cl)ncn2)ccc1C(F)(F)F.N#Cc1cc(-c2ccc(C(F)(F)F)c(F)c2)ncn1. The molecule has 0 atom stereocenters. The topological polar surface area (TPSA) is 75.3 Å². The molecule has 0 radical (unpaired) electrons. The van der Waals surface area contributed by atoms with E-state index in [1.54, 1.807) is 6.07 Å². The quantitative estimate of drug-likeness (QED) is 0.199. The molecule has 0 saturated carbocycles. The van der Waals surface area contributed by atoms with Gasteiger partial charge in [-0.05, 0) is 24.3 Å². The molecule has 190 valence electrons. The summed E-state index contributed by atoms with van der Waals surface area (Å²) < 4.78 is 101. The molecule has 0 amide bonds. The molecule has 4 aromatic rings. The molecule has 0 N–H and O–H groups in total. The van der Waals surface area contributed by atoms with Gasteiger partial charge in [0.1, 0.15) is 41.2 Å². The number of nitrogens with zero attached hydrogens (tertiary/aromatic N) is 5. The first-order chi connectivity index (χ1) is 17.3. The maximum absolute atomic E-state index is 13.4. The van der Waals surface area contributed by atoms with E-state index in [4.69, 9.17) is 16.9 Å². The number of hydrogen-bond acceptors (Lipinski definition) is 5. The largest absolute Gasteiger partial charge is 0.419 e. The second-order valence-electron chi connectivity index (χ2n) is 7.01. The van der Waals surface area contributed by atoms with Crippen molar-refractivity contribution >= 4 is 11.6 Å². The number of aromatic nitrogens is 4. The summed E-state index contributed by atoms with van der Waals surface area (Å²) in [5, 5.41) is 8.78. The second-order valence-corrected chi connectivity index (χ2v) is 7.40. The average Bonchev–Trinajstić information content (AvgIpc) is 2.83. The molecule has 14 heteroatoms. The highest BCUT2D eigenvalue weighted by Gasteiger charge is 2.34. The van der Waals surface area contributed by atoms with E-state index in [-0.39, 0.29) is 33.4 Å². The summed E-state index contributed by atoms with van der Waals surface area (Å²) in [6.07, 6.45) is -7.23. The molecule has 0 unspecified atom stereocenters. The van der Waals surface area contributed by atoms with Crippen LogP contribution in [0.2, 0.25) is 5.15 Å². The van der Waals surface area contributed by atoms with E-state index in [9.17, 15) is 35.1 Å². The summed E-state index contributed by atoms with van der Waals surface area (Å²) in [6, 6.07) is 9.39. The van der Waals surface area contributed by atoms with E-state index >= 15 is 0 Å². The van der Waals surface area contributed by atoms with Crippen LogP contribution in [0.4, 0.5) is 35.1 Å². The Hall–Kier alpha value is -4.18. The van der Waals surface area contributed by atoms with Gasteiger partial charge in [-0.2, -0.15) is 31.6 Å². The summed E-state index contributed by atoms with van der Waals surface area (Å²) in [4.78, 5) is 14.8. The van der Waals surface area contributed by atoms with Crippen molar-refractivity contribution in [3.63, 3.8) is 0 Å². The highest BCUT2D eigenvalue weighted by atomic mass is 35.5. The van der Waals surface area contributed by atoms with Crippen LogP contribution in [0.3, 0.4) is 0 Å². The number of hydrogen-bond donors (Lipinski definition) is 0. The third kappa shape index (κ3) is 6.95. The molecular weight excluding hydrogens is 534 g/mol. The lowest BCUT2D eigenvalue weighted by Crippen LogP contribution is -2.08.